The van der Waals surface area contributed by atoms with Crippen LogP contribution in [0.2, 0.25) is 0 Å². The van der Waals surface area contributed by atoms with Gasteiger partial charge in [0.15, 0.2) is 0 Å². The highest BCUT2D eigenvalue weighted by Gasteiger charge is 2.32. The van der Waals surface area contributed by atoms with Gasteiger partial charge in [-0.15, -0.1) is 0 Å². The summed E-state index contributed by atoms with van der Waals surface area (Å²) in [5, 5.41) is 10.2. The van der Waals surface area contributed by atoms with Crippen LogP contribution >= 0.6 is 11.8 Å². The maximum absolute atomic E-state index is 13.0. The Kier molecular flexibility index (Phi) is 6.59. The number of nitriles is 1. The summed E-state index contributed by atoms with van der Waals surface area (Å²) in [5.74, 6) is -0.294. The number of thioether (sulfide) groups is 1. The lowest BCUT2D eigenvalue weighted by atomic mass is 9.83. The van der Waals surface area contributed by atoms with Crippen LogP contribution in [-0.2, 0) is 16.8 Å². The lowest BCUT2D eigenvalue weighted by molar-refractivity contribution is -0.135. The SMILES string of the molecule is CN(Cc1ccc(F)cc1)C(=O)C(C)(C)c1ccc(S/C=C/C#N)cc1. The largest absolute Gasteiger partial charge is 0.341 e. The van der Waals surface area contributed by atoms with Gasteiger partial charge in [0.25, 0.3) is 0 Å². The molecule has 0 aromatic heterocycles. The van der Waals surface area contributed by atoms with Crippen molar-refractivity contribution in [3.8, 4) is 6.07 Å². The summed E-state index contributed by atoms with van der Waals surface area (Å²) in [6.07, 6.45) is 1.43. The highest BCUT2D eigenvalue weighted by Crippen LogP contribution is 2.28. The Morgan fingerprint density at radius 1 is 1.19 bits per heavy atom. The van der Waals surface area contributed by atoms with Crippen molar-refractivity contribution in [1.82, 2.24) is 4.90 Å². The fourth-order valence-corrected chi connectivity index (χ4v) is 3.21. The molecule has 5 heteroatoms. The number of carbonyl (C=O) groups excluding carboxylic acids is 1. The Morgan fingerprint density at radius 3 is 2.38 bits per heavy atom. The van der Waals surface area contributed by atoms with E-state index in [2.05, 4.69) is 0 Å². The number of likely N-dealkylation sites (N-methyl/N-ethyl adjacent to an activating group) is 1. The number of carbonyl (C=O) groups is 1. The highest BCUT2D eigenvalue weighted by molar-refractivity contribution is 8.02. The molecule has 0 radical (unpaired) electrons. The van der Waals surface area contributed by atoms with E-state index in [1.807, 2.05) is 44.2 Å². The number of rotatable bonds is 6. The zero-order valence-electron chi connectivity index (χ0n) is 15.1. The molecule has 0 aliphatic rings. The number of hydrogen-bond acceptors (Lipinski definition) is 3. The minimum absolute atomic E-state index is 0.00777. The minimum Gasteiger partial charge on any atom is -0.341 e. The molecule has 2 rings (SSSR count). The van der Waals surface area contributed by atoms with Crippen molar-refractivity contribution in [1.29, 1.82) is 5.26 Å². The van der Waals surface area contributed by atoms with E-state index < -0.39 is 5.41 Å². The summed E-state index contributed by atoms with van der Waals surface area (Å²) < 4.78 is 13.0. The molecule has 0 saturated carbocycles. The lowest BCUT2D eigenvalue weighted by Gasteiger charge is -2.30. The molecule has 0 aliphatic carbocycles. The molecule has 1 amide bonds. The van der Waals surface area contributed by atoms with Gasteiger partial charge in [-0.2, -0.15) is 5.26 Å². The van der Waals surface area contributed by atoms with Crippen LogP contribution in [0.1, 0.15) is 25.0 Å². The van der Waals surface area contributed by atoms with Crippen LogP contribution in [0.15, 0.2) is 64.9 Å². The van der Waals surface area contributed by atoms with Gasteiger partial charge < -0.3 is 4.90 Å². The third-order valence-corrected chi connectivity index (χ3v) is 4.95. The maximum Gasteiger partial charge on any atom is 0.232 e. The average molecular weight is 368 g/mol. The summed E-state index contributed by atoms with van der Waals surface area (Å²) in [4.78, 5) is 15.6. The van der Waals surface area contributed by atoms with Crippen molar-refractivity contribution < 1.29 is 9.18 Å². The molecule has 0 aliphatic heterocycles. The predicted octanol–water partition coefficient (Wildman–Crippen LogP) is 4.89. The fourth-order valence-electron chi connectivity index (χ4n) is 2.63. The van der Waals surface area contributed by atoms with Gasteiger partial charge in [-0.25, -0.2) is 4.39 Å². The molecule has 0 unspecified atom stereocenters. The Labute approximate surface area is 158 Å². The van der Waals surface area contributed by atoms with Gasteiger partial charge >= 0.3 is 0 Å². The summed E-state index contributed by atoms with van der Waals surface area (Å²) in [5.41, 5.74) is 1.12. The van der Waals surface area contributed by atoms with E-state index in [4.69, 9.17) is 5.26 Å². The van der Waals surface area contributed by atoms with Gasteiger partial charge in [0.05, 0.1) is 11.5 Å². The van der Waals surface area contributed by atoms with E-state index in [1.165, 1.54) is 30.0 Å². The molecule has 26 heavy (non-hydrogen) atoms. The van der Waals surface area contributed by atoms with Crippen LogP contribution in [0.3, 0.4) is 0 Å². The first-order valence-corrected chi connectivity index (χ1v) is 9.04. The second-order valence-electron chi connectivity index (χ2n) is 6.49. The van der Waals surface area contributed by atoms with Crippen LogP contribution in [0.4, 0.5) is 4.39 Å². The monoisotopic (exact) mass is 368 g/mol. The number of allylic oxidation sites excluding steroid dienone is 1. The van der Waals surface area contributed by atoms with Crippen molar-refractivity contribution in [3.05, 3.63) is 77.0 Å². The number of halogens is 1. The van der Waals surface area contributed by atoms with Crippen LogP contribution < -0.4 is 0 Å². The van der Waals surface area contributed by atoms with E-state index >= 15 is 0 Å². The normalized spacial score (nSPS) is 11.3. The topological polar surface area (TPSA) is 44.1 Å². The molecule has 0 N–H and O–H groups in total. The quantitative estimate of drug-likeness (QED) is 0.538. The standard InChI is InChI=1S/C21H21FN2OS/c1-21(2,17-7-11-19(12-8-17)26-14-4-13-23)20(25)24(3)15-16-5-9-18(22)10-6-16/h4-12,14H,15H2,1-3H3/b14-4+. The molecule has 0 saturated heterocycles. The summed E-state index contributed by atoms with van der Waals surface area (Å²) in [7, 11) is 1.75. The van der Waals surface area contributed by atoms with Gasteiger partial charge in [0, 0.05) is 24.6 Å². The molecule has 0 spiro atoms. The molecular formula is C21H21FN2OS. The predicted molar refractivity (Wildman–Crippen MR) is 103 cm³/mol. The molecule has 3 nitrogen and oxygen atoms in total. The minimum atomic E-state index is -0.680. The molecule has 0 heterocycles. The number of amides is 1. The highest BCUT2D eigenvalue weighted by atomic mass is 32.2. The van der Waals surface area contributed by atoms with Gasteiger partial charge in [-0.3, -0.25) is 4.79 Å². The molecular weight excluding hydrogens is 347 g/mol. The zero-order valence-corrected chi connectivity index (χ0v) is 15.9. The van der Waals surface area contributed by atoms with Gasteiger partial charge in [0.2, 0.25) is 5.91 Å². The van der Waals surface area contributed by atoms with Crippen molar-refractivity contribution in [2.75, 3.05) is 7.05 Å². The second kappa shape index (κ2) is 8.68. The average Bonchev–Trinajstić information content (AvgIpc) is 2.63. The Bertz CT molecular complexity index is 821. The van der Waals surface area contributed by atoms with E-state index in [0.29, 0.717) is 6.54 Å². The Morgan fingerprint density at radius 2 is 1.81 bits per heavy atom. The van der Waals surface area contributed by atoms with Crippen LogP contribution in [0.5, 0.6) is 0 Å². The molecule has 2 aromatic carbocycles. The molecule has 0 fully saturated rings. The number of benzene rings is 2. The third kappa shape index (κ3) is 4.96. The van der Waals surface area contributed by atoms with Gasteiger partial charge in [-0.1, -0.05) is 36.0 Å². The third-order valence-electron chi connectivity index (χ3n) is 4.14. The first-order chi connectivity index (χ1) is 12.3. The Balaban J connectivity index is 2.09. The van der Waals surface area contributed by atoms with Crippen LogP contribution in [-0.4, -0.2) is 17.9 Å². The van der Waals surface area contributed by atoms with E-state index in [9.17, 15) is 9.18 Å². The van der Waals surface area contributed by atoms with E-state index in [0.717, 1.165) is 16.0 Å². The van der Waals surface area contributed by atoms with Gasteiger partial charge in [-0.05, 0) is 54.6 Å². The summed E-state index contributed by atoms with van der Waals surface area (Å²) in [6.45, 7) is 4.22. The van der Waals surface area contributed by atoms with Crippen molar-refractivity contribution >= 4 is 17.7 Å². The van der Waals surface area contributed by atoms with Crippen LogP contribution in [0.25, 0.3) is 0 Å². The fraction of sp³-hybridized carbons (Fsp3) is 0.238. The van der Waals surface area contributed by atoms with E-state index in [-0.39, 0.29) is 11.7 Å². The summed E-state index contributed by atoms with van der Waals surface area (Å²) in [6, 6.07) is 15.9. The first kappa shape index (κ1) is 19.7. The van der Waals surface area contributed by atoms with Crippen LogP contribution in [0, 0.1) is 17.1 Å². The summed E-state index contributed by atoms with van der Waals surface area (Å²) >= 11 is 1.45. The molecule has 0 bridgehead atoms. The van der Waals surface area contributed by atoms with Crippen molar-refractivity contribution in [2.45, 2.75) is 30.7 Å². The van der Waals surface area contributed by atoms with Gasteiger partial charge in [0.1, 0.15) is 5.82 Å². The van der Waals surface area contributed by atoms with E-state index in [1.54, 1.807) is 29.5 Å². The number of nitrogens with zero attached hydrogens (tertiary/aromatic N) is 2. The van der Waals surface area contributed by atoms with Crippen molar-refractivity contribution in [2.24, 2.45) is 0 Å². The molecule has 134 valence electrons. The maximum atomic E-state index is 13.0. The zero-order chi connectivity index (χ0) is 19.2. The molecule has 0 atom stereocenters. The molecule has 2 aromatic rings. The second-order valence-corrected chi connectivity index (χ2v) is 7.47. The Hall–Kier alpha value is -2.58. The first-order valence-electron chi connectivity index (χ1n) is 8.16. The smallest absolute Gasteiger partial charge is 0.232 e. The number of hydrogen-bond donors (Lipinski definition) is 0. The van der Waals surface area contributed by atoms with Crippen molar-refractivity contribution in [3.63, 3.8) is 0 Å². The lowest BCUT2D eigenvalue weighted by Crippen LogP contribution is -2.41.